The molecule has 0 aliphatic heterocycles. The number of carboxylic acids is 1. The second kappa shape index (κ2) is 5.07. The standard InChI is InChI=1S/C11H8ClN3O4/c12-9-5-8(15(18)19)2-1-7(9)6-14-10(11(16)17)3-4-13-14/h1-5H,6H2,(H,16,17). The molecular formula is C11H8ClN3O4. The van der Waals surface area contributed by atoms with Gasteiger partial charge in [0.25, 0.3) is 5.69 Å². The molecule has 0 radical (unpaired) electrons. The number of benzene rings is 1. The molecule has 7 nitrogen and oxygen atoms in total. The van der Waals surface area contributed by atoms with Crippen LogP contribution in [-0.2, 0) is 6.54 Å². The number of nitro groups is 1. The molecule has 0 atom stereocenters. The van der Waals surface area contributed by atoms with Gasteiger partial charge in [0.15, 0.2) is 0 Å². The fourth-order valence-corrected chi connectivity index (χ4v) is 1.81. The molecule has 0 aliphatic rings. The molecule has 0 aliphatic carbocycles. The summed E-state index contributed by atoms with van der Waals surface area (Å²) in [5.74, 6) is -1.10. The lowest BCUT2D eigenvalue weighted by Gasteiger charge is -2.06. The minimum atomic E-state index is -1.10. The molecule has 98 valence electrons. The van der Waals surface area contributed by atoms with Gasteiger partial charge in [-0.15, -0.1) is 0 Å². The SMILES string of the molecule is O=C(O)c1ccnn1Cc1ccc([N+](=O)[O-])cc1Cl. The molecule has 0 spiro atoms. The maximum Gasteiger partial charge on any atom is 0.354 e. The van der Waals surface area contributed by atoms with E-state index in [1.165, 1.54) is 35.1 Å². The summed E-state index contributed by atoms with van der Waals surface area (Å²) in [6.07, 6.45) is 1.36. The van der Waals surface area contributed by atoms with Crippen molar-refractivity contribution in [3.63, 3.8) is 0 Å². The zero-order valence-corrected chi connectivity index (χ0v) is 10.2. The van der Waals surface area contributed by atoms with Gasteiger partial charge >= 0.3 is 5.97 Å². The van der Waals surface area contributed by atoms with E-state index in [0.717, 1.165) is 0 Å². The summed E-state index contributed by atoms with van der Waals surface area (Å²) in [7, 11) is 0. The van der Waals surface area contributed by atoms with Crippen molar-refractivity contribution in [1.82, 2.24) is 9.78 Å². The van der Waals surface area contributed by atoms with Crippen LogP contribution in [0.3, 0.4) is 0 Å². The van der Waals surface area contributed by atoms with Crippen molar-refractivity contribution >= 4 is 23.3 Å². The molecular weight excluding hydrogens is 274 g/mol. The zero-order chi connectivity index (χ0) is 14.0. The van der Waals surface area contributed by atoms with Crippen molar-refractivity contribution < 1.29 is 14.8 Å². The second-order valence-electron chi connectivity index (χ2n) is 3.71. The summed E-state index contributed by atoms with van der Waals surface area (Å²) in [4.78, 5) is 20.9. The van der Waals surface area contributed by atoms with Gasteiger partial charge in [-0.1, -0.05) is 11.6 Å². The highest BCUT2D eigenvalue weighted by molar-refractivity contribution is 6.31. The Morgan fingerprint density at radius 1 is 1.47 bits per heavy atom. The Labute approximate surface area is 112 Å². The fourth-order valence-electron chi connectivity index (χ4n) is 1.58. The smallest absolute Gasteiger partial charge is 0.354 e. The monoisotopic (exact) mass is 281 g/mol. The topological polar surface area (TPSA) is 98.3 Å². The Morgan fingerprint density at radius 3 is 2.79 bits per heavy atom. The van der Waals surface area contributed by atoms with E-state index in [0.29, 0.717) is 5.56 Å². The number of nitro benzene ring substituents is 1. The molecule has 0 fully saturated rings. The summed E-state index contributed by atoms with van der Waals surface area (Å²) in [5, 5.41) is 23.6. The van der Waals surface area contributed by atoms with Crippen LogP contribution in [0.5, 0.6) is 0 Å². The van der Waals surface area contributed by atoms with E-state index in [1.54, 1.807) is 0 Å². The highest BCUT2D eigenvalue weighted by Gasteiger charge is 2.14. The third-order valence-electron chi connectivity index (χ3n) is 2.50. The fraction of sp³-hybridized carbons (Fsp3) is 0.0909. The van der Waals surface area contributed by atoms with E-state index in [4.69, 9.17) is 16.7 Å². The lowest BCUT2D eigenvalue weighted by molar-refractivity contribution is -0.384. The van der Waals surface area contributed by atoms with Crippen LogP contribution in [0.4, 0.5) is 5.69 Å². The van der Waals surface area contributed by atoms with Crippen LogP contribution in [0, 0.1) is 10.1 Å². The average molecular weight is 282 g/mol. The molecule has 1 aromatic heterocycles. The Bertz CT molecular complexity index is 653. The van der Waals surface area contributed by atoms with Crippen LogP contribution in [0.2, 0.25) is 5.02 Å². The Hall–Kier alpha value is -2.41. The molecule has 0 saturated heterocycles. The molecule has 1 aromatic carbocycles. The number of aromatic nitrogens is 2. The van der Waals surface area contributed by atoms with E-state index >= 15 is 0 Å². The minimum absolute atomic E-state index is 0.0226. The lowest BCUT2D eigenvalue weighted by Crippen LogP contribution is -2.11. The first kappa shape index (κ1) is 13.0. The zero-order valence-electron chi connectivity index (χ0n) is 9.49. The molecule has 1 N–H and O–H groups in total. The number of nitrogens with zero attached hydrogens (tertiary/aromatic N) is 3. The van der Waals surface area contributed by atoms with E-state index in [-0.39, 0.29) is 22.9 Å². The lowest BCUT2D eigenvalue weighted by atomic mass is 10.2. The van der Waals surface area contributed by atoms with Crippen LogP contribution in [0.1, 0.15) is 16.1 Å². The molecule has 0 saturated carbocycles. The number of halogens is 1. The molecule has 0 bridgehead atoms. The number of non-ortho nitro benzene ring substituents is 1. The van der Waals surface area contributed by atoms with Crippen LogP contribution in [-0.4, -0.2) is 25.8 Å². The minimum Gasteiger partial charge on any atom is -0.477 e. The summed E-state index contributed by atoms with van der Waals surface area (Å²) in [6, 6.07) is 5.38. The van der Waals surface area contributed by atoms with Crippen molar-refractivity contribution in [2.24, 2.45) is 0 Å². The van der Waals surface area contributed by atoms with E-state index in [1.807, 2.05) is 0 Å². The number of carboxylic acid groups (broad SMARTS) is 1. The number of rotatable bonds is 4. The van der Waals surface area contributed by atoms with Crippen LogP contribution < -0.4 is 0 Å². The third-order valence-corrected chi connectivity index (χ3v) is 2.86. The quantitative estimate of drug-likeness (QED) is 0.684. The highest BCUT2D eigenvalue weighted by Crippen LogP contribution is 2.23. The van der Waals surface area contributed by atoms with E-state index < -0.39 is 10.9 Å². The summed E-state index contributed by atoms with van der Waals surface area (Å²) in [5.41, 5.74) is 0.459. The number of hydrogen-bond acceptors (Lipinski definition) is 4. The van der Waals surface area contributed by atoms with Crippen LogP contribution >= 0.6 is 11.6 Å². The first-order chi connectivity index (χ1) is 8.99. The number of hydrogen-bond donors (Lipinski definition) is 1. The average Bonchev–Trinajstić information content (AvgIpc) is 2.79. The van der Waals surface area contributed by atoms with Gasteiger partial charge in [-0.2, -0.15) is 5.10 Å². The van der Waals surface area contributed by atoms with Gasteiger partial charge in [0.05, 0.1) is 16.5 Å². The van der Waals surface area contributed by atoms with Crippen LogP contribution in [0.25, 0.3) is 0 Å². The van der Waals surface area contributed by atoms with Crippen molar-refractivity contribution in [3.8, 4) is 0 Å². The first-order valence-electron chi connectivity index (χ1n) is 5.17. The maximum atomic E-state index is 10.9. The highest BCUT2D eigenvalue weighted by atomic mass is 35.5. The van der Waals surface area contributed by atoms with E-state index in [9.17, 15) is 14.9 Å². The van der Waals surface area contributed by atoms with Gasteiger partial charge in [-0.05, 0) is 17.7 Å². The van der Waals surface area contributed by atoms with Crippen LogP contribution in [0.15, 0.2) is 30.5 Å². The normalized spacial score (nSPS) is 10.4. The van der Waals surface area contributed by atoms with Crippen molar-refractivity contribution in [2.45, 2.75) is 6.54 Å². The number of carbonyl (C=O) groups is 1. The Balaban J connectivity index is 2.31. The molecule has 8 heteroatoms. The summed E-state index contributed by atoms with van der Waals surface area (Å²) < 4.78 is 1.26. The molecule has 2 aromatic rings. The molecule has 0 amide bonds. The van der Waals surface area contributed by atoms with Gasteiger partial charge in [0.2, 0.25) is 0 Å². The Kier molecular flexibility index (Phi) is 3.48. The van der Waals surface area contributed by atoms with Gasteiger partial charge in [-0.25, -0.2) is 4.79 Å². The molecule has 1 heterocycles. The van der Waals surface area contributed by atoms with Crippen molar-refractivity contribution in [1.29, 1.82) is 0 Å². The van der Waals surface area contributed by atoms with Gasteiger partial charge in [-0.3, -0.25) is 14.8 Å². The van der Waals surface area contributed by atoms with Crippen molar-refractivity contribution in [3.05, 3.63) is 56.9 Å². The van der Waals surface area contributed by atoms with Gasteiger partial charge < -0.3 is 5.11 Å². The summed E-state index contributed by atoms with van der Waals surface area (Å²) in [6.45, 7) is 0.130. The van der Waals surface area contributed by atoms with Gasteiger partial charge in [0.1, 0.15) is 5.69 Å². The summed E-state index contributed by atoms with van der Waals surface area (Å²) >= 11 is 5.93. The predicted octanol–water partition coefficient (Wildman–Crippen LogP) is 2.19. The number of aromatic carboxylic acids is 1. The Morgan fingerprint density at radius 2 is 2.21 bits per heavy atom. The largest absolute Gasteiger partial charge is 0.477 e. The van der Waals surface area contributed by atoms with Crippen molar-refractivity contribution in [2.75, 3.05) is 0 Å². The maximum absolute atomic E-state index is 10.9. The predicted molar refractivity (Wildman–Crippen MR) is 66.4 cm³/mol. The third kappa shape index (κ3) is 2.71. The van der Waals surface area contributed by atoms with Gasteiger partial charge in [0, 0.05) is 18.3 Å². The van der Waals surface area contributed by atoms with E-state index in [2.05, 4.69) is 5.10 Å². The molecule has 0 unspecified atom stereocenters. The second-order valence-corrected chi connectivity index (χ2v) is 4.12. The molecule has 19 heavy (non-hydrogen) atoms. The molecule has 2 rings (SSSR count). The first-order valence-corrected chi connectivity index (χ1v) is 5.55.